The van der Waals surface area contributed by atoms with Crippen molar-refractivity contribution in [3.8, 4) is 0 Å². The van der Waals surface area contributed by atoms with Crippen LogP contribution in [-0.2, 0) is 19.2 Å². The molecule has 10 nitrogen and oxygen atoms in total. The maximum atomic E-state index is 12.1. The van der Waals surface area contributed by atoms with Crippen molar-refractivity contribution in [2.45, 2.75) is 52.2 Å². The third-order valence-corrected chi connectivity index (χ3v) is 6.76. The molecule has 5 N–H and O–H groups in total. The third kappa shape index (κ3) is 5.58. The molecule has 2 aliphatic rings. The van der Waals surface area contributed by atoms with E-state index in [9.17, 15) is 34.5 Å². The number of carboxylic acids is 1. The Balaban J connectivity index is 1.71. The van der Waals surface area contributed by atoms with Gasteiger partial charge in [0.05, 0.1) is 18.6 Å². The minimum atomic E-state index is -1.38. The quantitative estimate of drug-likeness (QED) is 0.197. The molecule has 2 rings (SSSR count). The molecule has 3 atom stereocenters. The molecule has 2 aliphatic heterocycles. The van der Waals surface area contributed by atoms with Crippen LogP contribution < -0.4 is 10.6 Å². The van der Waals surface area contributed by atoms with E-state index in [1.54, 1.807) is 13.8 Å². The average molecular weight is 458 g/mol. The fourth-order valence-corrected chi connectivity index (χ4v) is 4.68. The lowest BCUT2D eigenvalue weighted by molar-refractivity contribution is -0.155. The number of hydrogen-bond donors (Lipinski definition) is 5. The lowest BCUT2D eigenvalue weighted by Crippen LogP contribution is -2.58. The van der Waals surface area contributed by atoms with Crippen molar-refractivity contribution in [1.29, 1.82) is 0 Å². The number of aliphatic carboxylic acids is 1. The lowest BCUT2D eigenvalue weighted by Gasteiger charge is -2.42. The van der Waals surface area contributed by atoms with E-state index < -0.39 is 23.4 Å². The van der Waals surface area contributed by atoms with Gasteiger partial charge in [-0.3, -0.25) is 14.4 Å². The zero-order valence-electron chi connectivity index (χ0n) is 18.0. The second-order valence-corrected chi connectivity index (χ2v) is 9.55. The molecule has 1 fully saturated rings. The van der Waals surface area contributed by atoms with Crippen molar-refractivity contribution >= 4 is 35.5 Å². The summed E-state index contributed by atoms with van der Waals surface area (Å²) in [6, 6.07) is -0.0736. The monoisotopic (exact) mass is 457 g/mol. The zero-order chi connectivity index (χ0) is 23.3. The van der Waals surface area contributed by atoms with Gasteiger partial charge in [0.25, 0.3) is 0 Å². The highest BCUT2D eigenvalue weighted by molar-refractivity contribution is 8.03. The summed E-state index contributed by atoms with van der Waals surface area (Å²) in [6.45, 7) is 5.02. The van der Waals surface area contributed by atoms with Crippen molar-refractivity contribution in [3.63, 3.8) is 0 Å². The highest BCUT2D eigenvalue weighted by Crippen LogP contribution is 2.46. The molecule has 174 valence electrons. The van der Waals surface area contributed by atoms with E-state index >= 15 is 0 Å². The van der Waals surface area contributed by atoms with Gasteiger partial charge < -0.3 is 30.9 Å². The largest absolute Gasteiger partial charge is 0.477 e. The molecule has 0 aliphatic carbocycles. The number of fused-ring (bicyclic) bond motifs is 1. The van der Waals surface area contributed by atoms with Crippen molar-refractivity contribution in [2.24, 2.45) is 11.3 Å². The van der Waals surface area contributed by atoms with Gasteiger partial charge in [-0.25, -0.2) is 4.79 Å². The molecule has 3 amide bonds. The van der Waals surface area contributed by atoms with E-state index in [0.717, 1.165) is 0 Å². The van der Waals surface area contributed by atoms with Crippen LogP contribution in [0.4, 0.5) is 0 Å². The van der Waals surface area contributed by atoms with E-state index in [2.05, 4.69) is 10.6 Å². The maximum absolute atomic E-state index is 12.1. The number of thioether (sulfide) groups is 1. The topological polar surface area (TPSA) is 156 Å². The van der Waals surface area contributed by atoms with E-state index in [4.69, 9.17) is 0 Å². The minimum Gasteiger partial charge on any atom is -0.477 e. The summed E-state index contributed by atoms with van der Waals surface area (Å²) in [7, 11) is 0. The van der Waals surface area contributed by atoms with Crippen molar-refractivity contribution in [3.05, 3.63) is 10.6 Å². The molecule has 1 saturated heterocycles. The van der Waals surface area contributed by atoms with Crippen LogP contribution in [-0.4, -0.2) is 81.5 Å². The first-order chi connectivity index (χ1) is 14.5. The second kappa shape index (κ2) is 10.5. The van der Waals surface area contributed by atoms with Crippen LogP contribution in [0.5, 0.6) is 0 Å². The van der Waals surface area contributed by atoms with Crippen LogP contribution in [0.25, 0.3) is 0 Å². The number of β-lactam (4-membered cyclic amide) rings is 1. The summed E-state index contributed by atoms with van der Waals surface area (Å²) in [4.78, 5) is 49.5. The molecule has 0 aromatic heterocycles. The van der Waals surface area contributed by atoms with Gasteiger partial charge in [-0.2, -0.15) is 0 Å². The Labute approximate surface area is 185 Å². The number of hydrogen-bond acceptors (Lipinski definition) is 7. The smallest absolute Gasteiger partial charge is 0.353 e. The highest BCUT2D eigenvalue weighted by Gasteiger charge is 2.54. The minimum absolute atomic E-state index is 0.0221. The zero-order valence-corrected chi connectivity index (χ0v) is 18.8. The van der Waals surface area contributed by atoms with Gasteiger partial charge in [-0.15, -0.1) is 11.8 Å². The van der Waals surface area contributed by atoms with E-state index in [0.29, 0.717) is 30.0 Å². The molecule has 0 bridgehead atoms. The molecule has 0 spiro atoms. The summed E-state index contributed by atoms with van der Waals surface area (Å²) in [5, 5.41) is 33.7. The highest BCUT2D eigenvalue weighted by atomic mass is 32.2. The summed E-state index contributed by atoms with van der Waals surface area (Å²) in [5.74, 6) is -1.85. The Morgan fingerprint density at radius 3 is 2.52 bits per heavy atom. The molecule has 2 heterocycles. The summed E-state index contributed by atoms with van der Waals surface area (Å²) < 4.78 is 0. The normalized spacial score (nSPS) is 21.5. The SMILES string of the molecule is CC[C@H]1C(=O)N2C(C(=O)O)=C(SCCNC(=O)CCNC(=O)[C@H](O)C(C)(C)CO)CC12. The number of nitrogens with zero attached hydrogens (tertiary/aromatic N) is 1. The molecular weight excluding hydrogens is 426 g/mol. The van der Waals surface area contributed by atoms with E-state index in [-0.39, 0.29) is 49.0 Å². The molecule has 1 unspecified atom stereocenters. The van der Waals surface area contributed by atoms with Crippen LogP contribution >= 0.6 is 11.8 Å². The Morgan fingerprint density at radius 1 is 1.26 bits per heavy atom. The molecule has 0 radical (unpaired) electrons. The van der Waals surface area contributed by atoms with Gasteiger partial charge in [0, 0.05) is 42.0 Å². The van der Waals surface area contributed by atoms with Crippen molar-refractivity contribution in [2.75, 3.05) is 25.4 Å². The standard InChI is InChI=1S/C20H31N3O7S/c1-4-11-12-9-13(15(19(29)30)23(12)18(11)28)31-8-7-21-14(25)5-6-22-17(27)16(26)20(2,3)10-24/h11-12,16,24,26H,4-10H2,1-3H3,(H,21,25)(H,22,27)(H,29,30)/t11-,12?,16+/m1/s1. The van der Waals surface area contributed by atoms with Crippen LogP contribution in [0.15, 0.2) is 10.6 Å². The number of rotatable bonds is 12. The molecule has 0 aromatic carbocycles. The number of aliphatic hydroxyl groups is 2. The molecule has 0 aromatic rings. The molecular formula is C20H31N3O7S. The Bertz CT molecular complexity index is 768. The second-order valence-electron chi connectivity index (χ2n) is 8.36. The third-order valence-electron chi connectivity index (χ3n) is 5.64. The predicted molar refractivity (Wildman–Crippen MR) is 114 cm³/mol. The summed E-state index contributed by atoms with van der Waals surface area (Å²) >= 11 is 1.33. The maximum Gasteiger partial charge on any atom is 0.353 e. The van der Waals surface area contributed by atoms with Crippen LogP contribution in [0.1, 0.15) is 40.0 Å². The van der Waals surface area contributed by atoms with E-state index in [1.165, 1.54) is 16.7 Å². The first-order valence-electron chi connectivity index (χ1n) is 10.3. The van der Waals surface area contributed by atoms with Gasteiger partial charge in [-0.05, 0) is 6.42 Å². The van der Waals surface area contributed by atoms with E-state index in [1.807, 2.05) is 6.92 Å². The number of carbonyl (C=O) groups excluding carboxylic acids is 3. The summed E-state index contributed by atoms with van der Waals surface area (Å²) in [5.41, 5.74) is -0.923. The van der Waals surface area contributed by atoms with Crippen LogP contribution in [0, 0.1) is 11.3 Å². The fourth-order valence-electron chi connectivity index (χ4n) is 3.62. The van der Waals surface area contributed by atoms with Gasteiger partial charge in [-0.1, -0.05) is 20.8 Å². The van der Waals surface area contributed by atoms with Crippen molar-refractivity contribution < 1.29 is 34.5 Å². The molecule has 11 heteroatoms. The number of carboxylic acid groups (broad SMARTS) is 1. The Kier molecular flexibility index (Phi) is 8.49. The Morgan fingerprint density at radius 2 is 1.94 bits per heavy atom. The first-order valence-corrected chi connectivity index (χ1v) is 11.3. The van der Waals surface area contributed by atoms with Crippen molar-refractivity contribution in [1.82, 2.24) is 15.5 Å². The lowest BCUT2D eigenvalue weighted by atomic mass is 9.85. The first kappa shape index (κ1) is 25.2. The number of amides is 3. The van der Waals surface area contributed by atoms with Crippen LogP contribution in [0.2, 0.25) is 0 Å². The fraction of sp³-hybridized carbons (Fsp3) is 0.700. The average Bonchev–Trinajstić information content (AvgIpc) is 3.05. The summed E-state index contributed by atoms with van der Waals surface area (Å²) in [6.07, 6.45) is -0.145. The molecule has 31 heavy (non-hydrogen) atoms. The number of nitrogens with one attached hydrogen (secondary N) is 2. The van der Waals surface area contributed by atoms with Gasteiger partial charge in [0.1, 0.15) is 11.8 Å². The van der Waals surface area contributed by atoms with Gasteiger partial charge in [0.2, 0.25) is 17.7 Å². The Hall–Kier alpha value is -2.11. The van der Waals surface area contributed by atoms with Gasteiger partial charge in [0.15, 0.2) is 0 Å². The molecule has 0 saturated carbocycles. The number of carbonyl (C=O) groups is 4. The number of aliphatic hydroxyl groups excluding tert-OH is 2. The van der Waals surface area contributed by atoms with Gasteiger partial charge >= 0.3 is 5.97 Å². The predicted octanol–water partition coefficient (Wildman–Crippen LogP) is -0.342. The van der Waals surface area contributed by atoms with Crippen LogP contribution in [0.3, 0.4) is 0 Å².